The highest BCUT2D eigenvalue weighted by Crippen LogP contribution is 2.03. The normalized spacial score (nSPS) is 16.7. The van der Waals surface area contributed by atoms with Gasteiger partial charge in [-0.3, -0.25) is 5.41 Å². The molecule has 0 saturated heterocycles. The molecule has 0 aromatic heterocycles. The molecule has 0 unspecified atom stereocenters. The van der Waals surface area contributed by atoms with Crippen molar-refractivity contribution in [2.45, 2.75) is 0 Å². The number of hydrogen-bond donors (Lipinski definition) is 2. The number of aliphatic imine (C=N–C) groups is 1. The molecule has 1 aliphatic rings. The average molecular weight is 136 g/mol. The standard InChI is InChI=1S/C6H8N4/c1-10-4-9-5(3-7)2-6(10)8/h2,4,7H,8H2,1H3. The van der Waals surface area contributed by atoms with Crippen LogP contribution in [-0.2, 0) is 0 Å². The number of rotatable bonds is 0. The van der Waals surface area contributed by atoms with E-state index in [-0.39, 0.29) is 0 Å². The third-order valence-corrected chi connectivity index (χ3v) is 1.19. The van der Waals surface area contributed by atoms with Gasteiger partial charge in [0, 0.05) is 19.0 Å². The first-order valence-electron chi connectivity index (χ1n) is 2.78. The summed E-state index contributed by atoms with van der Waals surface area (Å²) in [5, 5.41) is 6.73. The van der Waals surface area contributed by atoms with Gasteiger partial charge in [-0.2, -0.15) is 0 Å². The van der Waals surface area contributed by atoms with Gasteiger partial charge in [0.2, 0.25) is 0 Å². The second-order valence-electron chi connectivity index (χ2n) is 1.93. The fourth-order valence-corrected chi connectivity index (χ4v) is 0.563. The van der Waals surface area contributed by atoms with Crippen LogP contribution in [0.4, 0.5) is 0 Å². The maximum atomic E-state index is 6.73. The van der Waals surface area contributed by atoms with Crippen molar-refractivity contribution < 1.29 is 0 Å². The van der Waals surface area contributed by atoms with Crippen LogP contribution in [0.25, 0.3) is 0 Å². The van der Waals surface area contributed by atoms with Crippen molar-refractivity contribution in [2.24, 2.45) is 10.7 Å². The van der Waals surface area contributed by atoms with Crippen molar-refractivity contribution in [3.05, 3.63) is 17.6 Å². The molecule has 1 aliphatic heterocycles. The Hall–Kier alpha value is -1.54. The van der Waals surface area contributed by atoms with E-state index in [9.17, 15) is 0 Å². The molecule has 0 spiro atoms. The van der Waals surface area contributed by atoms with E-state index in [0.717, 1.165) is 0 Å². The summed E-state index contributed by atoms with van der Waals surface area (Å²) >= 11 is 0. The second kappa shape index (κ2) is 2.37. The molecule has 1 rings (SSSR count). The third-order valence-electron chi connectivity index (χ3n) is 1.19. The lowest BCUT2D eigenvalue weighted by molar-refractivity contribution is 0.626. The molecule has 0 aliphatic carbocycles. The minimum absolute atomic E-state index is 0.454. The molecular weight excluding hydrogens is 128 g/mol. The molecule has 0 radical (unpaired) electrons. The van der Waals surface area contributed by atoms with Crippen LogP contribution in [0.1, 0.15) is 0 Å². The topological polar surface area (TPSA) is 65.5 Å². The van der Waals surface area contributed by atoms with Gasteiger partial charge >= 0.3 is 0 Å². The van der Waals surface area contributed by atoms with Gasteiger partial charge in [-0.1, -0.05) is 0 Å². The monoisotopic (exact) mass is 136 g/mol. The van der Waals surface area contributed by atoms with Crippen LogP contribution in [0, 0.1) is 5.41 Å². The quantitative estimate of drug-likeness (QED) is 0.456. The molecule has 0 amide bonds. The average Bonchev–Trinajstić information content (AvgIpc) is 1.95. The summed E-state index contributed by atoms with van der Waals surface area (Å²) in [5.41, 5.74) is 5.95. The van der Waals surface area contributed by atoms with E-state index in [1.54, 1.807) is 24.4 Å². The van der Waals surface area contributed by atoms with Gasteiger partial charge in [0.15, 0.2) is 0 Å². The lowest BCUT2D eigenvalue weighted by Crippen LogP contribution is -2.24. The first kappa shape index (κ1) is 6.58. The molecule has 0 atom stereocenters. The van der Waals surface area contributed by atoms with Crippen LogP contribution >= 0.6 is 0 Å². The molecule has 10 heavy (non-hydrogen) atoms. The smallest absolute Gasteiger partial charge is 0.129 e. The van der Waals surface area contributed by atoms with Crippen molar-refractivity contribution in [2.75, 3.05) is 7.05 Å². The number of hydrogen-bond acceptors (Lipinski definition) is 4. The molecule has 0 aromatic carbocycles. The van der Waals surface area contributed by atoms with E-state index in [0.29, 0.717) is 11.5 Å². The van der Waals surface area contributed by atoms with Gasteiger partial charge in [-0.05, 0) is 0 Å². The molecule has 0 saturated carbocycles. The van der Waals surface area contributed by atoms with Gasteiger partial charge in [-0.15, -0.1) is 0 Å². The fourth-order valence-electron chi connectivity index (χ4n) is 0.563. The van der Waals surface area contributed by atoms with Gasteiger partial charge in [-0.25, -0.2) is 4.99 Å². The minimum atomic E-state index is 0.454. The second-order valence-corrected chi connectivity index (χ2v) is 1.93. The summed E-state index contributed by atoms with van der Waals surface area (Å²) in [7, 11) is 1.79. The Morgan fingerprint density at radius 3 is 3.00 bits per heavy atom. The summed E-state index contributed by atoms with van der Waals surface area (Å²) in [4.78, 5) is 5.51. The predicted octanol–water partition coefficient (Wildman–Crippen LogP) is -0.107. The van der Waals surface area contributed by atoms with Crippen LogP contribution in [-0.4, -0.2) is 24.2 Å². The van der Waals surface area contributed by atoms with Crippen LogP contribution in [0.3, 0.4) is 0 Å². The van der Waals surface area contributed by atoms with Gasteiger partial charge in [0.25, 0.3) is 0 Å². The molecule has 52 valence electrons. The van der Waals surface area contributed by atoms with Crippen LogP contribution < -0.4 is 5.73 Å². The molecule has 1 heterocycles. The Morgan fingerprint density at radius 2 is 2.50 bits per heavy atom. The molecule has 0 bridgehead atoms. The molecule has 4 heteroatoms. The van der Waals surface area contributed by atoms with E-state index >= 15 is 0 Å². The predicted molar refractivity (Wildman–Crippen MR) is 39.8 cm³/mol. The fraction of sp³-hybridized carbons (Fsp3) is 0.167. The van der Waals surface area contributed by atoms with Crippen LogP contribution in [0.2, 0.25) is 0 Å². The highest BCUT2D eigenvalue weighted by Gasteiger charge is 2.02. The lowest BCUT2D eigenvalue weighted by atomic mass is 10.4. The Balaban J connectivity index is 2.95. The van der Waals surface area contributed by atoms with Crippen LogP contribution in [0.5, 0.6) is 0 Å². The van der Waals surface area contributed by atoms with Gasteiger partial charge in [0.1, 0.15) is 11.5 Å². The first-order chi connectivity index (χ1) is 4.74. The van der Waals surface area contributed by atoms with Crippen molar-refractivity contribution in [1.82, 2.24) is 4.90 Å². The third kappa shape index (κ3) is 1.06. The lowest BCUT2D eigenvalue weighted by Gasteiger charge is -2.15. The molecule has 0 aromatic rings. The number of allylic oxidation sites excluding steroid dienone is 1. The number of nitrogens with one attached hydrogen (secondary N) is 1. The summed E-state index contributed by atoms with van der Waals surface area (Å²) in [6.07, 6.45) is 3.14. The Morgan fingerprint density at radius 1 is 1.80 bits per heavy atom. The highest BCUT2D eigenvalue weighted by molar-refractivity contribution is 5.69. The Labute approximate surface area is 58.9 Å². The van der Waals surface area contributed by atoms with Crippen molar-refractivity contribution in [3.8, 4) is 0 Å². The zero-order chi connectivity index (χ0) is 7.56. The van der Waals surface area contributed by atoms with Gasteiger partial charge < -0.3 is 10.6 Å². The summed E-state index contributed by atoms with van der Waals surface area (Å²) in [6, 6.07) is 0. The molecule has 0 fully saturated rings. The minimum Gasteiger partial charge on any atom is -0.385 e. The van der Waals surface area contributed by atoms with E-state index in [1.165, 1.54) is 0 Å². The summed E-state index contributed by atoms with van der Waals surface area (Å²) in [5.74, 6) is 2.71. The number of nitrogens with zero attached hydrogens (tertiary/aromatic N) is 2. The van der Waals surface area contributed by atoms with E-state index < -0.39 is 0 Å². The van der Waals surface area contributed by atoms with E-state index in [1.807, 2.05) is 0 Å². The maximum absolute atomic E-state index is 6.73. The SMILES string of the molecule is CN1C=NC(=C=N)C=C1N. The van der Waals surface area contributed by atoms with Crippen LogP contribution in [0.15, 0.2) is 22.6 Å². The zero-order valence-corrected chi connectivity index (χ0v) is 5.63. The highest BCUT2D eigenvalue weighted by atomic mass is 15.2. The molecule has 3 N–H and O–H groups in total. The Bertz CT molecular complexity index is 244. The van der Waals surface area contributed by atoms with E-state index in [4.69, 9.17) is 11.1 Å². The van der Waals surface area contributed by atoms with Gasteiger partial charge in [0.05, 0.1) is 6.34 Å². The Kier molecular flexibility index (Phi) is 1.56. The maximum Gasteiger partial charge on any atom is 0.129 e. The van der Waals surface area contributed by atoms with Crippen molar-refractivity contribution in [3.63, 3.8) is 0 Å². The molecule has 4 nitrogen and oxygen atoms in total. The first-order valence-corrected chi connectivity index (χ1v) is 2.78. The van der Waals surface area contributed by atoms with E-state index in [2.05, 4.69) is 10.9 Å². The summed E-state index contributed by atoms with van der Waals surface area (Å²) < 4.78 is 0. The molecular formula is C6H8N4. The largest absolute Gasteiger partial charge is 0.385 e. The summed E-state index contributed by atoms with van der Waals surface area (Å²) in [6.45, 7) is 0. The number of nitrogens with two attached hydrogens (primary N) is 1. The van der Waals surface area contributed by atoms with Crippen molar-refractivity contribution >= 4 is 12.2 Å². The van der Waals surface area contributed by atoms with Crippen molar-refractivity contribution in [1.29, 1.82) is 5.41 Å². The zero-order valence-electron chi connectivity index (χ0n) is 5.63.